The minimum absolute atomic E-state index is 0.225. The van der Waals surface area contributed by atoms with Crippen molar-refractivity contribution in [2.45, 2.75) is 19.4 Å². The number of aryl methyl sites for hydroxylation is 1. The second-order valence-corrected chi connectivity index (χ2v) is 5.20. The third-order valence-electron chi connectivity index (χ3n) is 3.40. The molecule has 2 heterocycles. The monoisotopic (exact) mass is 296 g/mol. The first kappa shape index (κ1) is 14.2. The van der Waals surface area contributed by atoms with Crippen molar-refractivity contribution in [3.63, 3.8) is 0 Å². The van der Waals surface area contributed by atoms with Crippen LogP contribution in [0.15, 0.2) is 42.7 Å². The standard InChI is InChI=1S/C16H16N4O2/c1-11(8-12-4-3-7-17-10-12)22-16(21)13-5-6-14-15(9-13)20(2)19-18-14/h3-7,9-11H,8H2,1-2H3/t11-/m0/s1. The highest BCUT2D eigenvalue weighted by molar-refractivity contribution is 5.93. The second-order valence-electron chi connectivity index (χ2n) is 5.20. The van der Waals surface area contributed by atoms with Crippen molar-refractivity contribution < 1.29 is 9.53 Å². The molecule has 112 valence electrons. The molecule has 0 aliphatic rings. The lowest BCUT2D eigenvalue weighted by molar-refractivity contribution is 0.0343. The molecule has 2 aromatic heterocycles. The summed E-state index contributed by atoms with van der Waals surface area (Å²) in [5.41, 5.74) is 3.09. The zero-order chi connectivity index (χ0) is 15.5. The first-order valence-electron chi connectivity index (χ1n) is 7.03. The molecule has 0 spiro atoms. The number of hydrogen-bond acceptors (Lipinski definition) is 5. The molecule has 1 aromatic carbocycles. The highest BCUT2D eigenvalue weighted by atomic mass is 16.5. The summed E-state index contributed by atoms with van der Waals surface area (Å²) in [5, 5.41) is 7.91. The lowest BCUT2D eigenvalue weighted by Crippen LogP contribution is -2.17. The number of fused-ring (bicyclic) bond motifs is 1. The van der Waals surface area contributed by atoms with Crippen molar-refractivity contribution in [1.29, 1.82) is 0 Å². The van der Waals surface area contributed by atoms with Gasteiger partial charge in [-0.3, -0.25) is 4.98 Å². The Labute approximate surface area is 127 Å². The molecule has 0 bridgehead atoms. The van der Waals surface area contributed by atoms with Gasteiger partial charge in [0.15, 0.2) is 0 Å². The van der Waals surface area contributed by atoms with Crippen LogP contribution in [0.2, 0.25) is 0 Å². The molecule has 3 rings (SSSR count). The Hall–Kier alpha value is -2.76. The average molecular weight is 296 g/mol. The Kier molecular flexibility index (Phi) is 3.82. The zero-order valence-corrected chi connectivity index (χ0v) is 12.4. The van der Waals surface area contributed by atoms with E-state index in [1.807, 2.05) is 19.1 Å². The van der Waals surface area contributed by atoms with Crippen LogP contribution in [-0.2, 0) is 18.2 Å². The maximum atomic E-state index is 12.2. The van der Waals surface area contributed by atoms with Gasteiger partial charge in [0, 0.05) is 25.9 Å². The molecule has 1 atom stereocenters. The van der Waals surface area contributed by atoms with E-state index in [1.165, 1.54) is 0 Å². The van der Waals surface area contributed by atoms with Gasteiger partial charge in [0.05, 0.1) is 11.1 Å². The predicted molar refractivity (Wildman–Crippen MR) is 81.3 cm³/mol. The van der Waals surface area contributed by atoms with Crippen LogP contribution in [0.5, 0.6) is 0 Å². The van der Waals surface area contributed by atoms with Crippen LogP contribution in [0, 0.1) is 0 Å². The van der Waals surface area contributed by atoms with E-state index in [2.05, 4.69) is 15.3 Å². The molecule has 3 aromatic rings. The minimum atomic E-state index is -0.348. The maximum absolute atomic E-state index is 12.2. The van der Waals surface area contributed by atoms with Gasteiger partial charge < -0.3 is 4.74 Å². The molecule has 22 heavy (non-hydrogen) atoms. The number of hydrogen-bond donors (Lipinski definition) is 0. The summed E-state index contributed by atoms with van der Waals surface area (Å²) in [7, 11) is 1.79. The smallest absolute Gasteiger partial charge is 0.338 e. The van der Waals surface area contributed by atoms with Crippen LogP contribution in [0.4, 0.5) is 0 Å². The van der Waals surface area contributed by atoms with Crippen LogP contribution in [0.25, 0.3) is 11.0 Å². The maximum Gasteiger partial charge on any atom is 0.338 e. The van der Waals surface area contributed by atoms with E-state index >= 15 is 0 Å². The molecule has 0 radical (unpaired) electrons. The number of pyridine rings is 1. The highest BCUT2D eigenvalue weighted by Crippen LogP contribution is 2.15. The summed E-state index contributed by atoms with van der Waals surface area (Å²) in [6.45, 7) is 1.87. The summed E-state index contributed by atoms with van der Waals surface area (Å²) >= 11 is 0. The quantitative estimate of drug-likeness (QED) is 0.690. The molecule has 0 aliphatic carbocycles. The second kappa shape index (κ2) is 5.93. The largest absolute Gasteiger partial charge is 0.459 e. The number of carbonyl (C=O) groups is 1. The van der Waals surface area contributed by atoms with E-state index in [-0.39, 0.29) is 12.1 Å². The van der Waals surface area contributed by atoms with Gasteiger partial charge in [-0.25, -0.2) is 9.48 Å². The topological polar surface area (TPSA) is 69.9 Å². The van der Waals surface area contributed by atoms with E-state index in [0.717, 1.165) is 16.6 Å². The number of rotatable bonds is 4. The molecule has 6 heteroatoms. The number of esters is 1. The third-order valence-corrected chi connectivity index (χ3v) is 3.40. The summed E-state index contributed by atoms with van der Waals surface area (Å²) in [6.07, 6.45) is 3.90. The molecule has 0 saturated carbocycles. The van der Waals surface area contributed by atoms with E-state index in [4.69, 9.17) is 4.74 Å². The van der Waals surface area contributed by atoms with Crippen LogP contribution < -0.4 is 0 Å². The Balaban J connectivity index is 1.71. The van der Waals surface area contributed by atoms with E-state index in [0.29, 0.717) is 12.0 Å². The molecule has 6 nitrogen and oxygen atoms in total. The molecule has 0 amide bonds. The van der Waals surface area contributed by atoms with Gasteiger partial charge in [0.25, 0.3) is 0 Å². The fraction of sp³-hybridized carbons (Fsp3) is 0.250. The number of nitrogens with zero attached hydrogens (tertiary/aromatic N) is 4. The summed E-state index contributed by atoms with van der Waals surface area (Å²) in [6, 6.07) is 9.05. The van der Waals surface area contributed by atoms with Gasteiger partial charge in [-0.15, -0.1) is 5.10 Å². The van der Waals surface area contributed by atoms with Crippen molar-refractivity contribution in [1.82, 2.24) is 20.0 Å². The molecule has 0 unspecified atom stereocenters. The van der Waals surface area contributed by atoms with Crippen LogP contribution in [0.3, 0.4) is 0 Å². The minimum Gasteiger partial charge on any atom is -0.459 e. The Bertz CT molecular complexity index is 798. The van der Waals surface area contributed by atoms with Crippen LogP contribution >= 0.6 is 0 Å². The Morgan fingerprint density at radius 1 is 1.36 bits per heavy atom. The number of carbonyl (C=O) groups excluding carboxylic acids is 1. The molecule has 0 saturated heterocycles. The van der Waals surface area contributed by atoms with Gasteiger partial charge >= 0.3 is 5.97 Å². The molecular formula is C16H16N4O2. The van der Waals surface area contributed by atoms with Crippen molar-refractivity contribution in [3.05, 3.63) is 53.9 Å². The Morgan fingerprint density at radius 2 is 2.23 bits per heavy atom. The fourth-order valence-corrected chi connectivity index (χ4v) is 2.30. The summed E-state index contributed by atoms with van der Waals surface area (Å²) in [4.78, 5) is 16.3. The predicted octanol–water partition coefficient (Wildman–Crippen LogP) is 2.15. The summed E-state index contributed by atoms with van der Waals surface area (Å²) < 4.78 is 7.12. The summed E-state index contributed by atoms with van der Waals surface area (Å²) in [5.74, 6) is -0.348. The van der Waals surface area contributed by atoms with E-state index < -0.39 is 0 Å². The van der Waals surface area contributed by atoms with Gasteiger partial charge in [-0.2, -0.15) is 0 Å². The Morgan fingerprint density at radius 3 is 3.00 bits per heavy atom. The van der Waals surface area contributed by atoms with Gasteiger partial charge in [-0.1, -0.05) is 11.3 Å². The van der Waals surface area contributed by atoms with Crippen molar-refractivity contribution in [3.8, 4) is 0 Å². The average Bonchev–Trinajstić information content (AvgIpc) is 2.89. The lowest BCUT2D eigenvalue weighted by Gasteiger charge is -2.13. The molecule has 0 aliphatic heterocycles. The van der Waals surface area contributed by atoms with E-state index in [1.54, 1.807) is 42.3 Å². The number of aromatic nitrogens is 4. The number of ether oxygens (including phenoxy) is 1. The third kappa shape index (κ3) is 2.95. The first-order chi connectivity index (χ1) is 10.6. The van der Waals surface area contributed by atoms with Gasteiger partial charge in [0.1, 0.15) is 11.6 Å². The molecule has 0 fully saturated rings. The SMILES string of the molecule is C[C@@H](Cc1cccnc1)OC(=O)c1ccc2nnn(C)c2c1. The zero-order valence-electron chi connectivity index (χ0n) is 12.4. The van der Waals surface area contributed by atoms with Crippen molar-refractivity contribution in [2.75, 3.05) is 0 Å². The van der Waals surface area contributed by atoms with Crippen LogP contribution in [-0.4, -0.2) is 32.1 Å². The van der Waals surface area contributed by atoms with Gasteiger partial charge in [-0.05, 0) is 36.8 Å². The fourth-order valence-electron chi connectivity index (χ4n) is 2.30. The first-order valence-corrected chi connectivity index (χ1v) is 7.03. The molecular weight excluding hydrogens is 280 g/mol. The normalized spacial score (nSPS) is 12.3. The molecule has 0 N–H and O–H groups in total. The number of benzene rings is 1. The lowest BCUT2D eigenvalue weighted by atomic mass is 10.1. The van der Waals surface area contributed by atoms with Crippen molar-refractivity contribution >= 4 is 17.0 Å². The highest BCUT2D eigenvalue weighted by Gasteiger charge is 2.14. The van der Waals surface area contributed by atoms with Gasteiger partial charge in [0.2, 0.25) is 0 Å². The van der Waals surface area contributed by atoms with Crippen molar-refractivity contribution in [2.24, 2.45) is 7.05 Å². The van der Waals surface area contributed by atoms with E-state index in [9.17, 15) is 4.79 Å². The van der Waals surface area contributed by atoms with Crippen LogP contribution in [0.1, 0.15) is 22.8 Å².